The van der Waals surface area contributed by atoms with Gasteiger partial charge in [0.15, 0.2) is 6.10 Å². The van der Waals surface area contributed by atoms with Gasteiger partial charge in [-0.25, -0.2) is 9.37 Å². The van der Waals surface area contributed by atoms with Crippen LogP contribution in [0.3, 0.4) is 0 Å². The van der Waals surface area contributed by atoms with Crippen LogP contribution in [-0.2, 0) is 30.3 Å². The van der Waals surface area contributed by atoms with Gasteiger partial charge < -0.3 is 19.7 Å². The van der Waals surface area contributed by atoms with Crippen LogP contribution in [0.15, 0.2) is 29.6 Å². The summed E-state index contributed by atoms with van der Waals surface area (Å²) in [5.41, 5.74) is 0.941. The quantitative estimate of drug-likeness (QED) is 0.272. The second-order valence-electron chi connectivity index (χ2n) is 11.5. The van der Waals surface area contributed by atoms with Gasteiger partial charge in [0.1, 0.15) is 16.5 Å². The van der Waals surface area contributed by atoms with Crippen LogP contribution < -0.4 is 5.32 Å². The molecule has 232 valence electrons. The molecule has 0 spiro atoms. The number of nitrogens with zero attached hydrogens (tertiary/aromatic N) is 2. The van der Waals surface area contributed by atoms with Gasteiger partial charge in [-0.2, -0.15) is 0 Å². The van der Waals surface area contributed by atoms with Gasteiger partial charge in [-0.3, -0.25) is 19.2 Å². The molecule has 9 nitrogen and oxygen atoms in total. The van der Waals surface area contributed by atoms with E-state index < -0.39 is 35.9 Å². The van der Waals surface area contributed by atoms with E-state index in [4.69, 9.17) is 9.47 Å². The zero-order valence-electron chi connectivity index (χ0n) is 25.8. The van der Waals surface area contributed by atoms with Gasteiger partial charge in [0.05, 0.1) is 13.0 Å². The van der Waals surface area contributed by atoms with E-state index in [0.717, 1.165) is 5.56 Å². The number of ether oxygens (including phenoxy) is 2. The third-order valence-corrected chi connectivity index (χ3v) is 7.95. The van der Waals surface area contributed by atoms with Crippen LogP contribution in [0.4, 0.5) is 4.39 Å². The number of hydrogen-bond donors (Lipinski definition) is 1. The Morgan fingerprint density at radius 3 is 2.24 bits per heavy atom. The fraction of sp³-hybridized carbons (Fsp3) is 0.581. The summed E-state index contributed by atoms with van der Waals surface area (Å²) in [5, 5.41) is 5.00. The Morgan fingerprint density at radius 2 is 1.69 bits per heavy atom. The second-order valence-corrected chi connectivity index (χ2v) is 12.4. The lowest BCUT2D eigenvalue weighted by Crippen LogP contribution is -2.42. The normalized spacial score (nSPS) is 14.2. The van der Waals surface area contributed by atoms with Gasteiger partial charge >= 0.3 is 11.9 Å². The highest BCUT2D eigenvalue weighted by Crippen LogP contribution is 2.31. The largest absolute Gasteiger partial charge is 0.469 e. The number of halogens is 1. The number of carbonyl (C=O) groups excluding carboxylic acids is 4. The molecule has 0 aliphatic heterocycles. The average Bonchev–Trinajstić information content (AvgIpc) is 3.41. The highest BCUT2D eigenvalue weighted by Gasteiger charge is 2.31. The number of rotatable bonds is 15. The number of benzene rings is 1. The van der Waals surface area contributed by atoms with Crippen LogP contribution in [0.1, 0.15) is 88.0 Å². The molecule has 0 saturated heterocycles. The van der Waals surface area contributed by atoms with E-state index in [-0.39, 0.29) is 35.3 Å². The molecule has 2 amide bonds. The number of hydrogen-bond acceptors (Lipinski definition) is 8. The second kappa shape index (κ2) is 16.3. The third-order valence-electron chi connectivity index (χ3n) is 7.01. The van der Waals surface area contributed by atoms with E-state index in [1.54, 1.807) is 36.4 Å². The molecule has 1 aromatic carbocycles. The molecule has 11 heteroatoms. The molecule has 1 heterocycles. The van der Waals surface area contributed by atoms with Gasteiger partial charge in [-0.1, -0.05) is 46.8 Å². The number of carbonyl (C=O) groups is 4. The Bertz CT molecular complexity index is 1200. The maximum absolute atomic E-state index is 13.4. The smallest absolute Gasteiger partial charge is 0.308 e. The number of thiazole rings is 1. The summed E-state index contributed by atoms with van der Waals surface area (Å²) in [6.07, 6.45) is 0.664. The number of amides is 2. The summed E-state index contributed by atoms with van der Waals surface area (Å²) in [6, 6.07) is 5.28. The SMILES string of the molecule is COC(=O)C(C)CC(Cc1ccc(F)cc1)NC(=O)c1csc(C(CC(C(C)C)N(C)C(=O)CC(C)C)OC(C)=O)n1. The zero-order valence-corrected chi connectivity index (χ0v) is 26.6. The van der Waals surface area contributed by atoms with Crippen molar-refractivity contribution in [3.63, 3.8) is 0 Å². The van der Waals surface area contributed by atoms with Gasteiger partial charge in [0.2, 0.25) is 5.91 Å². The molecule has 2 rings (SSSR count). The lowest BCUT2D eigenvalue weighted by Gasteiger charge is -2.34. The summed E-state index contributed by atoms with van der Waals surface area (Å²) in [6.45, 7) is 11.0. The van der Waals surface area contributed by atoms with E-state index in [9.17, 15) is 23.6 Å². The van der Waals surface area contributed by atoms with Crippen molar-refractivity contribution in [2.45, 2.75) is 85.4 Å². The first-order valence-electron chi connectivity index (χ1n) is 14.2. The molecule has 0 radical (unpaired) electrons. The molecule has 0 aliphatic rings. The van der Waals surface area contributed by atoms with E-state index in [0.29, 0.717) is 30.7 Å². The molecule has 42 heavy (non-hydrogen) atoms. The first-order valence-corrected chi connectivity index (χ1v) is 15.1. The molecule has 4 unspecified atom stereocenters. The molecule has 1 aromatic heterocycles. The molecule has 0 fully saturated rings. The molecule has 4 atom stereocenters. The van der Waals surface area contributed by atoms with Crippen molar-refractivity contribution in [2.75, 3.05) is 14.2 Å². The van der Waals surface area contributed by atoms with Gasteiger partial charge in [0, 0.05) is 44.3 Å². The lowest BCUT2D eigenvalue weighted by atomic mass is 9.95. The monoisotopic (exact) mass is 605 g/mol. The Morgan fingerprint density at radius 1 is 1.05 bits per heavy atom. The number of nitrogens with one attached hydrogen (secondary N) is 1. The van der Waals surface area contributed by atoms with E-state index in [1.807, 2.05) is 27.7 Å². The summed E-state index contributed by atoms with van der Waals surface area (Å²) >= 11 is 1.20. The van der Waals surface area contributed by atoms with E-state index >= 15 is 0 Å². The fourth-order valence-electron chi connectivity index (χ4n) is 4.80. The minimum absolute atomic E-state index is 0.0119. The topological polar surface area (TPSA) is 115 Å². The van der Waals surface area contributed by atoms with Gasteiger partial charge in [-0.05, 0) is 42.4 Å². The maximum Gasteiger partial charge on any atom is 0.308 e. The predicted octanol–water partition coefficient (Wildman–Crippen LogP) is 5.35. The molecule has 0 saturated carbocycles. The van der Waals surface area contributed by atoms with E-state index in [1.165, 1.54) is 37.5 Å². The Hall–Kier alpha value is -3.34. The highest BCUT2D eigenvalue weighted by molar-refractivity contribution is 7.09. The summed E-state index contributed by atoms with van der Waals surface area (Å²) in [4.78, 5) is 56.5. The number of methoxy groups -OCH3 is 1. The van der Waals surface area contributed by atoms with Crippen LogP contribution >= 0.6 is 11.3 Å². The van der Waals surface area contributed by atoms with Crippen molar-refractivity contribution in [1.29, 1.82) is 0 Å². The molecule has 2 aromatic rings. The Balaban J connectivity index is 2.26. The average molecular weight is 606 g/mol. The molecular weight excluding hydrogens is 561 g/mol. The lowest BCUT2D eigenvalue weighted by molar-refractivity contribution is -0.148. The van der Waals surface area contributed by atoms with Crippen molar-refractivity contribution < 1.29 is 33.0 Å². The molecule has 0 bridgehead atoms. The standard InChI is InChI=1S/C31H44FN3O6S/c1-18(2)13-28(37)35(7)26(19(3)4)16-27(41-21(6)36)30-34-25(17-42-30)29(38)33-24(14-20(5)31(39)40-8)15-22-9-11-23(32)12-10-22/h9-12,17-20,24,26-27H,13-16H2,1-8H3,(H,33,38). The van der Waals surface area contributed by atoms with Crippen LogP contribution in [0.5, 0.6) is 0 Å². The van der Waals surface area contributed by atoms with Crippen molar-refractivity contribution >= 4 is 35.1 Å². The molecule has 1 N–H and O–H groups in total. The number of aromatic nitrogens is 1. The highest BCUT2D eigenvalue weighted by atomic mass is 32.1. The minimum Gasteiger partial charge on any atom is -0.469 e. The summed E-state index contributed by atoms with van der Waals surface area (Å²) in [5.74, 6) is -1.89. The van der Waals surface area contributed by atoms with E-state index in [2.05, 4.69) is 10.3 Å². The summed E-state index contributed by atoms with van der Waals surface area (Å²) in [7, 11) is 3.07. The van der Waals surface area contributed by atoms with Crippen molar-refractivity contribution in [3.05, 3.63) is 51.7 Å². The van der Waals surface area contributed by atoms with Crippen LogP contribution in [-0.4, -0.2) is 59.9 Å². The van der Waals surface area contributed by atoms with Crippen molar-refractivity contribution in [1.82, 2.24) is 15.2 Å². The Kier molecular flexibility index (Phi) is 13.6. The van der Waals surface area contributed by atoms with Crippen LogP contribution in [0, 0.1) is 23.6 Å². The Labute approximate surface area is 252 Å². The van der Waals surface area contributed by atoms with Crippen molar-refractivity contribution in [2.24, 2.45) is 17.8 Å². The maximum atomic E-state index is 13.4. The fourth-order valence-corrected chi connectivity index (χ4v) is 5.64. The first kappa shape index (κ1) is 34.9. The van der Waals surface area contributed by atoms with Gasteiger partial charge in [-0.15, -0.1) is 11.3 Å². The zero-order chi connectivity index (χ0) is 31.6. The van der Waals surface area contributed by atoms with Crippen LogP contribution in [0.2, 0.25) is 0 Å². The molecule has 0 aliphatic carbocycles. The van der Waals surface area contributed by atoms with Crippen molar-refractivity contribution in [3.8, 4) is 0 Å². The number of esters is 2. The first-order chi connectivity index (χ1) is 19.7. The third kappa shape index (κ3) is 10.8. The minimum atomic E-state index is -0.745. The summed E-state index contributed by atoms with van der Waals surface area (Å²) < 4.78 is 23.9. The van der Waals surface area contributed by atoms with Gasteiger partial charge in [0.25, 0.3) is 5.91 Å². The van der Waals surface area contributed by atoms with Crippen LogP contribution in [0.25, 0.3) is 0 Å². The molecular formula is C31H44FN3O6S. The predicted molar refractivity (Wildman–Crippen MR) is 159 cm³/mol.